The molecule has 1 aromatic heterocycles. The Kier molecular flexibility index (Phi) is 5.64. The van der Waals surface area contributed by atoms with Crippen molar-refractivity contribution in [3.8, 4) is 6.07 Å². The zero-order chi connectivity index (χ0) is 16.7. The number of hydrogen-bond acceptors (Lipinski definition) is 5. The molecule has 2 rings (SSSR count). The second-order valence-corrected chi connectivity index (χ2v) is 5.51. The fraction of sp³-hybridized carbons (Fsp3) is 0.294. The van der Waals surface area contributed by atoms with E-state index in [1.165, 1.54) is 6.33 Å². The molecule has 0 aliphatic rings. The van der Waals surface area contributed by atoms with Gasteiger partial charge in [0.05, 0.1) is 11.3 Å². The Morgan fingerprint density at radius 3 is 2.83 bits per heavy atom. The lowest BCUT2D eigenvalue weighted by Crippen LogP contribution is -2.15. The zero-order valence-corrected chi connectivity index (χ0v) is 13.2. The van der Waals surface area contributed by atoms with E-state index in [4.69, 9.17) is 5.26 Å². The summed E-state index contributed by atoms with van der Waals surface area (Å²) in [7, 11) is 0. The maximum atomic E-state index is 12.3. The first-order valence-corrected chi connectivity index (χ1v) is 7.46. The number of nitriles is 1. The van der Waals surface area contributed by atoms with Crippen molar-refractivity contribution in [1.82, 2.24) is 9.97 Å². The Labute approximate surface area is 135 Å². The zero-order valence-electron chi connectivity index (χ0n) is 13.2. The molecular weight excluding hydrogens is 290 g/mol. The molecule has 0 spiro atoms. The van der Waals surface area contributed by atoms with Gasteiger partial charge < -0.3 is 10.6 Å². The molecule has 1 aromatic carbocycles. The highest BCUT2D eigenvalue weighted by molar-refractivity contribution is 6.03. The predicted molar refractivity (Wildman–Crippen MR) is 89.1 cm³/mol. The normalized spacial score (nSPS) is 10.2. The average Bonchev–Trinajstić information content (AvgIpc) is 2.55. The maximum absolute atomic E-state index is 12.3. The van der Waals surface area contributed by atoms with Gasteiger partial charge in [-0.15, -0.1) is 0 Å². The number of benzene rings is 1. The van der Waals surface area contributed by atoms with Crippen LogP contribution in [0.3, 0.4) is 0 Å². The SMILES string of the molecule is CC(C)CCNc1cc(C(=O)Nc2ccccc2C#N)ncn1. The third-order valence-corrected chi connectivity index (χ3v) is 3.22. The molecule has 0 bridgehead atoms. The molecule has 23 heavy (non-hydrogen) atoms. The smallest absolute Gasteiger partial charge is 0.274 e. The number of carbonyl (C=O) groups excluding carboxylic acids is 1. The molecule has 0 fully saturated rings. The Hall–Kier alpha value is -2.94. The molecule has 6 heteroatoms. The fourth-order valence-corrected chi connectivity index (χ4v) is 1.94. The van der Waals surface area contributed by atoms with Crippen molar-refractivity contribution in [2.24, 2.45) is 5.92 Å². The van der Waals surface area contributed by atoms with Gasteiger partial charge in [0.1, 0.15) is 23.9 Å². The Morgan fingerprint density at radius 2 is 2.09 bits per heavy atom. The third kappa shape index (κ3) is 4.78. The van der Waals surface area contributed by atoms with Crippen LogP contribution in [0.2, 0.25) is 0 Å². The minimum atomic E-state index is -0.373. The fourth-order valence-electron chi connectivity index (χ4n) is 1.94. The molecule has 0 aliphatic carbocycles. The summed E-state index contributed by atoms with van der Waals surface area (Å²) < 4.78 is 0. The standard InChI is InChI=1S/C17H19N5O/c1-12(2)7-8-19-16-9-15(20-11-21-16)17(23)22-14-6-4-3-5-13(14)10-18/h3-6,9,11-12H,7-8H2,1-2H3,(H,22,23)(H,19,20,21). The van der Waals surface area contributed by atoms with Crippen molar-refractivity contribution in [2.75, 3.05) is 17.2 Å². The van der Waals surface area contributed by atoms with Crippen LogP contribution in [0.25, 0.3) is 0 Å². The molecule has 0 unspecified atom stereocenters. The minimum absolute atomic E-state index is 0.250. The predicted octanol–water partition coefficient (Wildman–Crippen LogP) is 3.06. The first-order chi connectivity index (χ1) is 11.1. The highest BCUT2D eigenvalue weighted by Crippen LogP contribution is 2.15. The van der Waals surface area contributed by atoms with Crippen LogP contribution in [0.15, 0.2) is 36.7 Å². The summed E-state index contributed by atoms with van der Waals surface area (Å²) >= 11 is 0. The number of aromatic nitrogens is 2. The van der Waals surface area contributed by atoms with Gasteiger partial charge in [0, 0.05) is 12.6 Å². The number of amides is 1. The van der Waals surface area contributed by atoms with E-state index in [0.717, 1.165) is 13.0 Å². The lowest BCUT2D eigenvalue weighted by Gasteiger charge is -2.09. The topological polar surface area (TPSA) is 90.7 Å². The molecule has 6 nitrogen and oxygen atoms in total. The van der Waals surface area contributed by atoms with E-state index in [-0.39, 0.29) is 11.6 Å². The van der Waals surface area contributed by atoms with Crippen molar-refractivity contribution >= 4 is 17.4 Å². The van der Waals surface area contributed by atoms with Crippen molar-refractivity contribution < 1.29 is 4.79 Å². The summed E-state index contributed by atoms with van der Waals surface area (Å²) in [6.07, 6.45) is 2.36. The summed E-state index contributed by atoms with van der Waals surface area (Å²) in [6.45, 7) is 5.08. The van der Waals surface area contributed by atoms with Crippen LogP contribution in [0, 0.1) is 17.2 Å². The molecule has 0 aliphatic heterocycles. The molecule has 1 heterocycles. The second kappa shape index (κ2) is 7.90. The summed E-state index contributed by atoms with van der Waals surface area (Å²) in [4.78, 5) is 20.4. The number of nitrogens with one attached hydrogen (secondary N) is 2. The van der Waals surface area contributed by atoms with E-state index < -0.39 is 0 Å². The molecular formula is C17H19N5O. The molecule has 0 saturated heterocycles. The van der Waals surface area contributed by atoms with Gasteiger partial charge in [-0.3, -0.25) is 4.79 Å². The molecule has 0 atom stereocenters. The van der Waals surface area contributed by atoms with E-state index in [1.54, 1.807) is 30.3 Å². The van der Waals surface area contributed by atoms with Crippen molar-refractivity contribution in [3.63, 3.8) is 0 Å². The number of anilines is 2. The first-order valence-electron chi connectivity index (χ1n) is 7.46. The van der Waals surface area contributed by atoms with Crippen LogP contribution in [-0.2, 0) is 0 Å². The second-order valence-electron chi connectivity index (χ2n) is 5.51. The maximum Gasteiger partial charge on any atom is 0.274 e. The highest BCUT2D eigenvalue weighted by atomic mass is 16.1. The van der Waals surface area contributed by atoms with E-state index >= 15 is 0 Å². The molecule has 0 radical (unpaired) electrons. The Balaban J connectivity index is 2.06. The van der Waals surface area contributed by atoms with E-state index in [9.17, 15) is 4.79 Å². The van der Waals surface area contributed by atoms with Crippen LogP contribution in [0.1, 0.15) is 36.3 Å². The number of carbonyl (C=O) groups is 1. The number of nitrogens with zero attached hydrogens (tertiary/aromatic N) is 3. The van der Waals surface area contributed by atoms with E-state index in [1.807, 2.05) is 6.07 Å². The summed E-state index contributed by atoms with van der Waals surface area (Å²) in [5, 5.41) is 14.9. The largest absolute Gasteiger partial charge is 0.370 e. The summed E-state index contributed by atoms with van der Waals surface area (Å²) in [5.41, 5.74) is 1.12. The van der Waals surface area contributed by atoms with Gasteiger partial charge in [0.2, 0.25) is 0 Å². The van der Waals surface area contributed by atoms with Gasteiger partial charge in [-0.25, -0.2) is 9.97 Å². The summed E-state index contributed by atoms with van der Waals surface area (Å²) in [5.74, 6) is 0.830. The van der Waals surface area contributed by atoms with Crippen molar-refractivity contribution in [2.45, 2.75) is 20.3 Å². The molecule has 0 saturated carbocycles. The summed E-state index contributed by atoms with van der Waals surface area (Å²) in [6, 6.07) is 10.5. The van der Waals surface area contributed by atoms with Gasteiger partial charge in [0.15, 0.2) is 0 Å². The van der Waals surface area contributed by atoms with Crippen LogP contribution >= 0.6 is 0 Å². The Bertz CT molecular complexity index is 721. The monoisotopic (exact) mass is 309 g/mol. The van der Waals surface area contributed by atoms with Gasteiger partial charge in [-0.05, 0) is 24.5 Å². The van der Waals surface area contributed by atoms with Crippen LogP contribution in [-0.4, -0.2) is 22.4 Å². The van der Waals surface area contributed by atoms with Crippen molar-refractivity contribution in [1.29, 1.82) is 5.26 Å². The number of para-hydroxylation sites is 1. The van der Waals surface area contributed by atoms with Gasteiger partial charge >= 0.3 is 0 Å². The quantitative estimate of drug-likeness (QED) is 0.855. The van der Waals surface area contributed by atoms with E-state index in [0.29, 0.717) is 23.0 Å². The van der Waals surface area contributed by atoms with Crippen molar-refractivity contribution in [3.05, 3.63) is 47.9 Å². The van der Waals surface area contributed by atoms with Crippen LogP contribution < -0.4 is 10.6 Å². The minimum Gasteiger partial charge on any atom is -0.370 e. The highest BCUT2D eigenvalue weighted by Gasteiger charge is 2.11. The van der Waals surface area contributed by atoms with Crippen LogP contribution in [0.4, 0.5) is 11.5 Å². The number of rotatable bonds is 6. The van der Waals surface area contributed by atoms with Crippen LogP contribution in [0.5, 0.6) is 0 Å². The van der Waals surface area contributed by atoms with Gasteiger partial charge in [-0.1, -0.05) is 26.0 Å². The van der Waals surface area contributed by atoms with Gasteiger partial charge in [0.25, 0.3) is 5.91 Å². The first kappa shape index (κ1) is 16.4. The molecule has 2 N–H and O–H groups in total. The van der Waals surface area contributed by atoms with Gasteiger partial charge in [-0.2, -0.15) is 5.26 Å². The molecule has 2 aromatic rings. The molecule has 1 amide bonds. The Morgan fingerprint density at radius 1 is 1.30 bits per heavy atom. The average molecular weight is 309 g/mol. The number of hydrogen-bond donors (Lipinski definition) is 2. The lowest BCUT2D eigenvalue weighted by atomic mass is 10.1. The molecule has 118 valence electrons. The van der Waals surface area contributed by atoms with E-state index in [2.05, 4.69) is 34.4 Å². The third-order valence-electron chi connectivity index (χ3n) is 3.22. The lowest BCUT2D eigenvalue weighted by molar-refractivity contribution is 0.102.